The molecule has 2 saturated heterocycles. The molecule has 2 unspecified atom stereocenters. The number of thiophene rings is 1. The molecule has 6 nitrogen and oxygen atoms in total. The molecule has 200 valence electrons. The van der Waals surface area contributed by atoms with Crippen LogP contribution in [0, 0.1) is 12.7 Å². The van der Waals surface area contributed by atoms with Crippen molar-refractivity contribution in [3.05, 3.63) is 93.4 Å². The largest absolute Gasteiger partial charge is 0.340 e. The van der Waals surface area contributed by atoms with Gasteiger partial charge in [-0.3, -0.25) is 14.5 Å². The second-order valence-corrected chi connectivity index (χ2v) is 11.3. The molecule has 2 atom stereocenters. The standard InChI is InChI=1S/C30H35FN4O2S/c1-22-5-9-24(10-6-22)29(36)35-20-26(18-28(35)30(37)33-15-3-13-32-14-16-33)34(21-27-4-2-17-38-27)19-23-7-11-25(31)12-8-23/h2,4-12,17,26,28,32H,3,13-16,18-21H2,1H3. The lowest BCUT2D eigenvalue weighted by atomic mass is 10.1. The maximum Gasteiger partial charge on any atom is 0.254 e. The molecule has 1 N–H and O–H groups in total. The van der Waals surface area contributed by atoms with Gasteiger partial charge in [0, 0.05) is 55.8 Å². The molecule has 0 spiro atoms. The Morgan fingerprint density at radius 2 is 1.82 bits per heavy atom. The average Bonchev–Trinajstić information content (AvgIpc) is 3.52. The van der Waals surface area contributed by atoms with E-state index in [0.29, 0.717) is 44.7 Å². The molecule has 3 aromatic rings. The highest BCUT2D eigenvalue weighted by molar-refractivity contribution is 7.09. The van der Waals surface area contributed by atoms with Crippen molar-refractivity contribution in [2.24, 2.45) is 0 Å². The molecule has 2 aliphatic heterocycles. The van der Waals surface area contributed by atoms with E-state index in [2.05, 4.69) is 21.7 Å². The van der Waals surface area contributed by atoms with E-state index in [1.165, 1.54) is 17.0 Å². The summed E-state index contributed by atoms with van der Waals surface area (Å²) in [6.07, 6.45) is 1.48. The van der Waals surface area contributed by atoms with Gasteiger partial charge in [0.25, 0.3) is 5.91 Å². The van der Waals surface area contributed by atoms with E-state index in [0.717, 1.165) is 30.6 Å². The summed E-state index contributed by atoms with van der Waals surface area (Å²) in [5, 5.41) is 5.43. The normalized spacial score (nSPS) is 20.1. The third-order valence-electron chi connectivity index (χ3n) is 7.53. The average molecular weight is 535 g/mol. The van der Waals surface area contributed by atoms with Crippen LogP contribution in [0.2, 0.25) is 0 Å². The van der Waals surface area contributed by atoms with Crippen molar-refractivity contribution in [1.82, 2.24) is 20.0 Å². The zero-order chi connectivity index (χ0) is 26.5. The molecule has 0 aliphatic carbocycles. The Bertz CT molecular complexity index is 1210. The van der Waals surface area contributed by atoms with Crippen molar-refractivity contribution in [3.63, 3.8) is 0 Å². The number of likely N-dealkylation sites (tertiary alicyclic amines) is 1. The quantitative estimate of drug-likeness (QED) is 0.491. The summed E-state index contributed by atoms with van der Waals surface area (Å²) in [5.74, 6) is -0.321. The van der Waals surface area contributed by atoms with Crippen LogP contribution in [0.1, 0.15) is 39.2 Å². The first kappa shape index (κ1) is 26.5. The molecule has 1 aromatic heterocycles. The zero-order valence-corrected chi connectivity index (χ0v) is 22.6. The Hall–Kier alpha value is -3.07. The van der Waals surface area contributed by atoms with Crippen molar-refractivity contribution in [2.45, 2.75) is 44.9 Å². The number of amides is 2. The number of hydrogen-bond acceptors (Lipinski definition) is 5. The molecule has 0 saturated carbocycles. The van der Waals surface area contributed by atoms with E-state index in [-0.39, 0.29) is 23.7 Å². The van der Waals surface area contributed by atoms with Crippen molar-refractivity contribution < 1.29 is 14.0 Å². The fourth-order valence-corrected chi connectivity index (χ4v) is 6.15. The molecule has 0 radical (unpaired) electrons. The number of nitrogens with one attached hydrogen (secondary N) is 1. The number of rotatable bonds is 7. The van der Waals surface area contributed by atoms with Crippen LogP contribution in [-0.2, 0) is 17.9 Å². The molecule has 2 fully saturated rings. The van der Waals surface area contributed by atoms with Crippen LogP contribution in [0.25, 0.3) is 0 Å². The number of nitrogens with zero attached hydrogens (tertiary/aromatic N) is 3. The molecule has 2 aliphatic rings. The summed E-state index contributed by atoms with van der Waals surface area (Å²) in [6.45, 7) is 6.82. The van der Waals surface area contributed by atoms with Crippen molar-refractivity contribution >= 4 is 23.2 Å². The SMILES string of the molecule is Cc1ccc(C(=O)N2CC(N(Cc3ccc(F)cc3)Cc3cccs3)CC2C(=O)N2CCCNCC2)cc1. The van der Waals surface area contributed by atoms with E-state index in [4.69, 9.17) is 0 Å². The van der Waals surface area contributed by atoms with Gasteiger partial charge < -0.3 is 15.1 Å². The smallest absolute Gasteiger partial charge is 0.254 e. The number of carbonyl (C=O) groups is 2. The number of benzene rings is 2. The highest BCUT2D eigenvalue weighted by atomic mass is 32.1. The lowest BCUT2D eigenvalue weighted by Gasteiger charge is -2.29. The van der Waals surface area contributed by atoms with Crippen LogP contribution in [0.4, 0.5) is 4.39 Å². The molecule has 0 bridgehead atoms. The summed E-state index contributed by atoms with van der Waals surface area (Å²) in [7, 11) is 0. The first-order valence-electron chi connectivity index (χ1n) is 13.4. The van der Waals surface area contributed by atoms with Crippen molar-refractivity contribution in [3.8, 4) is 0 Å². The van der Waals surface area contributed by atoms with Crippen molar-refractivity contribution in [2.75, 3.05) is 32.7 Å². The predicted molar refractivity (Wildman–Crippen MR) is 148 cm³/mol. The Morgan fingerprint density at radius 3 is 2.55 bits per heavy atom. The molecular formula is C30H35FN4O2S. The minimum absolute atomic E-state index is 0.00407. The van der Waals surface area contributed by atoms with Gasteiger partial charge in [0.2, 0.25) is 5.91 Å². The van der Waals surface area contributed by atoms with Crippen molar-refractivity contribution in [1.29, 1.82) is 0 Å². The van der Waals surface area contributed by atoms with Gasteiger partial charge in [-0.15, -0.1) is 11.3 Å². The van der Waals surface area contributed by atoms with Crippen LogP contribution in [-0.4, -0.2) is 71.3 Å². The second kappa shape index (κ2) is 12.2. The van der Waals surface area contributed by atoms with Crippen LogP contribution >= 0.6 is 11.3 Å². The summed E-state index contributed by atoms with van der Waals surface area (Å²) >= 11 is 1.70. The Labute approximate surface area is 228 Å². The molecule has 8 heteroatoms. The van der Waals surface area contributed by atoms with Gasteiger partial charge in [0.1, 0.15) is 11.9 Å². The minimum Gasteiger partial charge on any atom is -0.340 e. The maximum atomic E-state index is 13.9. The van der Waals surface area contributed by atoms with Gasteiger partial charge in [0.15, 0.2) is 0 Å². The summed E-state index contributed by atoms with van der Waals surface area (Å²) in [4.78, 5) is 34.9. The van der Waals surface area contributed by atoms with E-state index >= 15 is 0 Å². The van der Waals surface area contributed by atoms with Crippen LogP contribution in [0.3, 0.4) is 0 Å². The lowest BCUT2D eigenvalue weighted by molar-refractivity contribution is -0.135. The lowest BCUT2D eigenvalue weighted by Crippen LogP contribution is -2.48. The Kier molecular flexibility index (Phi) is 8.51. The van der Waals surface area contributed by atoms with Gasteiger partial charge in [-0.2, -0.15) is 0 Å². The minimum atomic E-state index is -0.508. The van der Waals surface area contributed by atoms with Gasteiger partial charge in [-0.25, -0.2) is 4.39 Å². The topological polar surface area (TPSA) is 55.9 Å². The first-order valence-corrected chi connectivity index (χ1v) is 14.2. The maximum absolute atomic E-state index is 13.9. The summed E-state index contributed by atoms with van der Waals surface area (Å²) in [6, 6.07) is 17.8. The van der Waals surface area contributed by atoms with Crippen LogP contribution in [0.5, 0.6) is 0 Å². The highest BCUT2D eigenvalue weighted by Gasteiger charge is 2.43. The molecule has 2 aromatic carbocycles. The summed E-state index contributed by atoms with van der Waals surface area (Å²) < 4.78 is 13.6. The monoisotopic (exact) mass is 534 g/mol. The van der Waals surface area contributed by atoms with E-state index in [1.807, 2.05) is 54.3 Å². The highest BCUT2D eigenvalue weighted by Crippen LogP contribution is 2.29. The third kappa shape index (κ3) is 6.31. The third-order valence-corrected chi connectivity index (χ3v) is 8.39. The molecule has 38 heavy (non-hydrogen) atoms. The molecular weight excluding hydrogens is 499 g/mol. The van der Waals surface area contributed by atoms with Crippen LogP contribution < -0.4 is 5.32 Å². The number of aryl methyl sites for hydroxylation is 1. The number of hydrogen-bond donors (Lipinski definition) is 1. The molecule has 3 heterocycles. The van der Waals surface area contributed by atoms with Gasteiger partial charge in [0.05, 0.1) is 0 Å². The molecule has 2 amide bonds. The van der Waals surface area contributed by atoms with E-state index in [9.17, 15) is 14.0 Å². The second-order valence-electron chi connectivity index (χ2n) is 10.3. The fraction of sp³-hybridized carbons (Fsp3) is 0.400. The summed E-state index contributed by atoms with van der Waals surface area (Å²) in [5.41, 5.74) is 2.70. The van der Waals surface area contributed by atoms with Crippen LogP contribution in [0.15, 0.2) is 66.0 Å². The number of carbonyl (C=O) groups excluding carboxylic acids is 2. The van der Waals surface area contributed by atoms with E-state index < -0.39 is 6.04 Å². The number of halogens is 1. The van der Waals surface area contributed by atoms with Gasteiger partial charge >= 0.3 is 0 Å². The predicted octanol–water partition coefficient (Wildman–Crippen LogP) is 4.30. The Morgan fingerprint density at radius 1 is 1.03 bits per heavy atom. The zero-order valence-electron chi connectivity index (χ0n) is 21.8. The first-order chi connectivity index (χ1) is 18.5. The Balaban J connectivity index is 1.43. The van der Waals surface area contributed by atoms with Gasteiger partial charge in [-0.1, -0.05) is 35.9 Å². The fourth-order valence-electron chi connectivity index (χ4n) is 5.42. The van der Waals surface area contributed by atoms with E-state index in [1.54, 1.807) is 16.2 Å². The molecule has 5 rings (SSSR count). The van der Waals surface area contributed by atoms with Gasteiger partial charge in [-0.05, 0) is 67.6 Å².